The fourth-order valence-corrected chi connectivity index (χ4v) is 2.69. The number of carbonyl (C=O) groups excluding carboxylic acids is 2. The fourth-order valence-electron chi connectivity index (χ4n) is 1.88. The lowest BCUT2D eigenvalue weighted by atomic mass is 10.2. The molecule has 0 aliphatic rings. The van der Waals surface area contributed by atoms with Crippen LogP contribution in [0, 0.1) is 11.6 Å². The number of carbonyl (C=O) groups is 2. The van der Waals surface area contributed by atoms with E-state index in [0.717, 1.165) is 24.5 Å². The van der Waals surface area contributed by atoms with Gasteiger partial charge >= 0.3 is 5.97 Å². The third-order valence-electron chi connectivity index (χ3n) is 3.13. The van der Waals surface area contributed by atoms with Gasteiger partial charge in [0.05, 0.1) is 21.2 Å². The predicted octanol–water partition coefficient (Wildman–Crippen LogP) is 2.82. The molecule has 2 aromatic carbocycles. The Kier molecular flexibility index (Phi) is 5.94. The molecule has 0 aromatic heterocycles. The molecule has 0 atom stereocenters. The Bertz CT molecular complexity index is 979. The zero-order chi connectivity index (χ0) is 19.5. The number of halogens is 3. The summed E-state index contributed by atoms with van der Waals surface area (Å²) in [7, 11) is -3.52. The van der Waals surface area contributed by atoms with Crippen LogP contribution in [-0.4, -0.2) is 33.2 Å². The van der Waals surface area contributed by atoms with Crippen molar-refractivity contribution in [3.05, 3.63) is 58.6 Å². The quantitative estimate of drug-likeness (QED) is 0.775. The van der Waals surface area contributed by atoms with Crippen LogP contribution in [-0.2, 0) is 19.4 Å². The van der Waals surface area contributed by atoms with Crippen molar-refractivity contribution in [1.82, 2.24) is 0 Å². The lowest BCUT2D eigenvalue weighted by Crippen LogP contribution is -2.21. The summed E-state index contributed by atoms with van der Waals surface area (Å²) in [5.41, 5.74) is -0.528. The Morgan fingerprint density at radius 2 is 1.85 bits per heavy atom. The standard InChI is InChI=1S/C16H12ClF2NO5S/c1-26(23,24)10-3-5-12(17)14(7-10)20-15(21)8-25-16(22)11-4-2-9(18)6-13(11)19/h2-7H,8H2,1H3,(H,20,21). The van der Waals surface area contributed by atoms with Crippen molar-refractivity contribution in [2.75, 3.05) is 18.2 Å². The van der Waals surface area contributed by atoms with Gasteiger partial charge in [0.15, 0.2) is 16.4 Å². The molecular weight excluding hydrogens is 392 g/mol. The minimum atomic E-state index is -3.52. The van der Waals surface area contributed by atoms with Crippen molar-refractivity contribution in [1.29, 1.82) is 0 Å². The van der Waals surface area contributed by atoms with Crippen LogP contribution in [0.4, 0.5) is 14.5 Å². The van der Waals surface area contributed by atoms with Crippen LogP contribution >= 0.6 is 11.6 Å². The molecule has 2 aromatic rings. The summed E-state index contributed by atoms with van der Waals surface area (Å²) < 4.78 is 54.0. The third kappa shape index (κ3) is 4.99. The molecule has 10 heteroatoms. The number of anilines is 1. The highest BCUT2D eigenvalue weighted by atomic mass is 35.5. The molecule has 0 fully saturated rings. The van der Waals surface area contributed by atoms with Crippen molar-refractivity contribution in [2.24, 2.45) is 0 Å². The SMILES string of the molecule is CS(=O)(=O)c1ccc(Cl)c(NC(=O)COC(=O)c2ccc(F)cc2F)c1. The van der Waals surface area contributed by atoms with Crippen molar-refractivity contribution in [3.63, 3.8) is 0 Å². The summed E-state index contributed by atoms with van der Waals surface area (Å²) in [4.78, 5) is 23.5. The highest BCUT2D eigenvalue weighted by Crippen LogP contribution is 2.25. The van der Waals surface area contributed by atoms with E-state index in [9.17, 15) is 26.8 Å². The van der Waals surface area contributed by atoms with E-state index >= 15 is 0 Å². The molecule has 0 radical (unpaired) electrons. The van der Waals surface area contributed by atoms with E-state index in [1.54, 1.807) is 0 Å². The lowest BCUT2D eigenvalue weighted by molar-refractivity contribution is -0.119. The van der Waals surface area contributed by atoms with Gasteiger partial charge in [-0.25, -0.2) is 22.0 Å². The minimum Gasteiger partial charge on any atom is -0.452 e. The third-order valence-corrected chi connectivity index (χ3v) is 4.57. The van der Waals surface area contributed by atoms with E-state index in [1.165, 1.54) is 12.1 Å². The molecule has 0 bridgehead atoms. The molecule has 0 heterocycles. The number of amides is 1. The first-order valence-electron chi connectivity index (χ1n) is 6.99. The maximum Gasteiger partial charge on any atom is 0.341 e. The van der Waals surface area contributed by atoms with Gasteiger partial charge in [-0.15, -0.1) is 0 Å². The summed E-state index contributed by atoms with van der Waals surface area (Å²) in [6, 6.07) is 5.97. The Balaban J connectivity index is 2.04. The maximum absolute atomic E-state index is 13.5. The molecule has 0 aliphatic heterocycles. The van der Waals surface area contributed by atoms with E-state index in [4.69, 9.17) is 11.6 Å². The van der Waals surface area contributed by atoms with E-state index in [-0.39, 0.29) is 15.6 Å². The van der Waals surface area contributed by atoms with E-state index < -0.39 is 45.5 Å². The van der Waals surface area contributed by atoms with Crippen molar-refractivity contribution in [3.8, 4) is 0 Å². The number of rotatable bonds is 5. The highest BCUT2D eigenvalue weighted by Gasteiger charge is 2.17. The number of hydrogen-bond acceptors (Lipinski definition) is 5. The van der Waals surface area contributed by atoms with Gasteiger partial charge in [0, 0.05) is 12.3 Å². The second kappa shape index (κ2) is 7.79. The minimum absolute atomic E-state index is 0.00334. The first kappa shape index (κ1) is 19.8. The van der Waals surface area contributed by atoms with Crippen LogP contribution in [0.5, 0.6) is 0 Å². The highest BCUT2D eigenvalue weighted by molar-refractivity contribution is 7.90. The Hall–Kier alpha value is -2.52. The molecule has 2 rings (SSSR count). The summed E-state index contributed by atoms with van der Waals surface area (Å²) in [5, 5.41) is 2.36. The lowest BCUT2D eigenvalue weighted by Gasteiger charge is -2.10. The Morgan fingerprint density at radius 1 is 1.15 bits per heavy atom. The molecule has 0 aliphatic carbocycles. The Morgan fingerprint density at radius 3 is 2.46 bits per heavy atom. The van der Waals surface area contributed by atoms with Crippen molar-refractivity contribution < 1.29 is 31.5 Å². The smallest absolute Gasteiger partial charge is 0.341 e. The Labute approximate surface area is 152 Å². The van der Waals surface area contributed by atoms with Gasteiger partial charge < -0.3 is 10.1 Å². The van der Waals surface area contributed by atoms with Crippen molar-refractivity contribution in [2.45, 2.75) is 4.90 Å². The first-order valence-corrected chi connectivity index (χ1v) is 9.26. The van der Waals surface area contributed by atoms with Gasteiger partial charge in [0.2, 0.25) is 0 Å². The second-order valence-corrected chi connectivity index (χ2v) is 7.59. The van der Waals surface area contributed by atoms with Gasteiger partial charge in [-0.2, -0.15) is 0 Å². The zero-order valence-electron chi connectivity index (χ0n) is 13.3. The van der Waals surface area contributed by atoms with Gasteiger partial charge in [0.25, 0.3) is 5.91 Å². The molecule has 1 N–H and O–H groups in total. The molecule has 0 unspecified atom stereocenters. The zero-order valence-corrected chi connectivity index (χ0v) is 14.8. The predicted molar refractivity (Wildman–Crippen MR) is 89.8 cm³/mol. The monoisotopic (exact) mass is 403 g/mol. The normalized spacial score (nSPS) is 11.1. The number of sulfone groups is 1. The number of esters is 1. The molecule has 0 saturated heterocycles. The molecule has 26 heavy (non-hydrogen) atoms. The van der Waals surface area contributed by atoms with Crippen LogP contribution < -0.4 is 5.32 Å². The molecule has 1 amide bonds. The number of hydrogen-bond donors (Lipinski definition) is 1. The number of ether oxygens (including phenoxy) is 1. The van der Waals surface area contributed by atoms with Gasteiger partial charge in [-0.1, -0.05) is 11.6 Å². The number of nitrogens with one attached hydrogen (secondary N) is 1. The van der Waals surface area contributed by atoms with E-state index in [2.05, 4.69) is 10.1 Å². The van der Waals surface area contributed by atoms with E-state index in [1.807, 2.05) is 0 Å². The number of benzene rings is 2. The van der Waals surface area contributed by atoms with Crippen LogP contribution in [0.2, 0.25) is 5.02 Å². The molecule has 138 valence electrons. The van der Waals surface area contributed by atoms with Crippen molar-refractivity contribution >= 4 is 39.0 Å². The average molecular weight is 404 g/mol. The average Bonchev–Trinajstić information content (AvgIpc) is 2.53. The molecule has 6 nitrogen and oxygen atoms in total. The van der Waals surface area contributed by atoms with Crippen LogP contribution in [0.1, 0.15) is 10.4 Å². The largest absolute Gasteiger partial charge is 0.452 e. The van der Waals surface area contributed by atoms with Crippen LogP contribution in [0.3, 0.4) is 0 Å². The van der Waals surface area contributed by atoms with E-state index in [0.29, 0.717) is 6.07 Å². The molecular formula is C16H12ClF2NO5S. The van der Waals surface area contributed by atoms with Gasteiger partial charge in [-0.05, 0) is 30.3 Å². The topological polar surface area (TPSA) is 89.5 Å². The summed E-state index contributed by atoms with van der Waals surface area (Å²) >= 11 is 5.88. The summed E-state index contributed by atoms with van der Waals surface area (Å²) in [6.07, 6.45) is 0.987. The van der Waals surface area contributed by atoms with Gasteiger partial charge in [-0.3, -0.25) is 4.79 Å². The molecule has 0 saturated carbocycles. The summed E-state index contributed by atoms with van der Waals surface area (Å²) in [5.74, 6) is -3.97. The summed E-state index contributed by atoms with van der Waals surface area (Å²) in [6.45, 7) is -0.783. The maximum atomic E-state index is 13.5. The second-order valence-electron chi connectivity index (χ2n) is 5.16. The fraction of sp³-hybridized carbons (Fsp3) is 0.125. The van der Waals surface area contributed by atoms with Crippen LogP contribution in [0.15, 0.2) is 41.3 Å². The van der Waals surface area contributed by atoms with Crippen LogP contribution in [0.25, 0.3) is 0 Å². The molecule has 0 spiro atoms. The van der Waals surface area contributed by atoms with Gasteiger partial charge in [0.1, 0.15) is 11.6 Å². The first-order chi connectivity index (χ1) is 12.1.